The van der Waals surface area contributed by atoms with Gasteiger partial charge in [0.25, 0.3) is 5.91 Å². The maximum atomic E-state index is 12.4. The Morgan fingerprint density at radius 2 is 1.83 bits per heavy atom. The minimum Gasteiger partial charge on any atom is -0.352 e. The molecule has 6 nitrogen and oxygen atoms in total. The number of amides is 3. The fourth-order valence-electron chi connectivity index (χ4n) is 2.37. The Hall–Kier alpha value is -2.37. The molecule has 1 saturated carbocycles. The zero-order chi connectivity index (χ0) is 17.7. The summed E-state index contributed by atoms with van der Waals surface area (Å²) in [5.41, 5.74) is 1.39. The molecule has 3 N–H and O–H groups in total. The van der Waals surface area contributed by atoms with Gasteiger partial charge in [-0.05, 0) is 37.3 Å². The Kier molecular flexibility index (Phi) is 5.95. The van der Waals surface area contributed by atoms with E-state index in [0.717, 1.165) is 18.4 Å². The zero-order valence-electron chi connectivity index (χ0n) is 14.4. The molecule has 24 heavy (non-hydrogen) atoms. The van der Waals surface area contributed by atoms with Gasteiger partial charge < -0.3 is 16.0 Å². The van der Waals surface area contributed by atoms with Crippen molar-refractivity contribution >= 4 is 17.7 Å². The second kappa shape index (κ2) is 7.95. The average Bonchev–Trinajstić information content (AvgIpc) is 3.34. The summed E-state index contributed by atoms with van der Waals surface area (Å²) in [7, 11) is 0. The largest absolute Gasteiger partial charge is 0.352 e. The van der Waals surface area contributed by atoms with Crippen LogP contribution in [0.15, 0.2) is 24.3 Å². The lowest BCUT2D eigenvalue weighted by molar-refractivity contribution is -0.127. The van der Waals surface area contributed by atoms with Crippen LogP contribution in [0, 0.1) is 12.8 Å². The highest BCUT2D eigenvalue weighted by molar-refractivity contribution is 5.99. The number of benzene rings is 1. The Labute approximate surface area is 142 Å². The van der Waals surface area contributed by atoms with E-state index in [1.165, 1.54) is 0 Å². The third-order valence-corrected chi connectivity index (χ3v) is 3.99. The van der Waals surface area contributed by atoms with Crippen molar-refractivity contribution in [1.29, 1.82) is 0 Å². The highest BCUT2D eigenvalue weighted by Crippen LogP contribution is 2.18. The summed E-state index contributed by atoms with van der Waals surface area (Å²) in [6, 6.07) is 6.79. The van der Waals surface area contributed by atoms with Gasteiger partial charge in [0, 0.05) is 11.6 Å². The van der Waals surface area contributed by atoms with Crippen LogP contribution in [0.2, 0.25) is 0 Å². The maximum absolute atomic E-state index is 12.4. The first-order valence-corrected chi connectivity index (χ1v) is 8.32. The molecule has 1 aromatic rings. The molecule has 1 aliphatic carbocycles. The third-order valence-electron chi connectivity index (χ3n) is 3.99. The summed E-state index contributed by atoms with van der Waals surface area (Å²) in [5, 5.41) is 8.18. The Bertz CT molecular complexity index is 624. The van der Waals surface area contributed by atoms with Crippen LogP contribution in [0.3, 0.4) is 0 Å². The Balaban J connectivity index is 1.92. The van der Waals surface area contributed by atoms with E-state index in [-0.39, 0.29) is 36.2 Å². The summed E-state index contributed by atoms with van der Waals surface area (Å²) in [5.74, 6) is -0.926. The number of hydrogen-bond acceptors (Lipinski definition) is 3. The van der Waals surface area contributed by atoms with Crippen LogP contribution >= 0.6 is 0 Å². The second-order valence-corrected chi connectivity index (χ2v) is 6.57. The molecule has 0 heterocycles. The van der Waals surface area contributed by atoms with Crippen LogP contribution in [0.5, 0.6) is 0 Å². The molecule has 1 aliphatic rings. The molecule has 0 spiro atoms. The summed E-state index contributed by atoms with van der Waals surface area (Å²) in [6.07, 6.45) is 2.00. The van der Waals surface area contributed by atoms with Gasteiger partial charge in [0.2, 0.25) is 11.8 Å². The predicted octanol–water partition coefficient (Wildman–Crippen LogP) is 1.14. The maximum Gasteiger partial charge on any atom is 0.252 e. The van der Waals surface area contributed by atoms with Gasteiger partial charge in [0.15, 0.2) is 0 Å². The first-order chi connectivity index (χ1) is 11.4. The molecule has 0 aromatic heterocycles. The van der Waals surface area contributed by atoms with Gasteiger partial charge in [-0.1, -0.05) is 32.0 Å². The highest BCUT2D eigenvalue weighted by atomic mass is 16.2. The molecule has 0 radical (unpaired) electrons. The molecule has 1 atom stereocenters. The number of hydrogen-bond donors (Lipinski definition) is 3. The fraction of sp³-hybridized carbons (Fsp3) is 0.500. The molecule has 0 bridgehead atoms. The Morgan fingerprint density at radius 3 is 2.42 bits per heavy atom. The van der Waals surface area contributed by atoms with Crippen molar-refractivity contribution in [3.8, 4) is 0 Å². The predicted molar refractivity (Wildman–Crippen MR) is 91.4 cm³/mol. The van der Waals surface area contributed by atoms with Crippen LogP contribution in [0.1, 0.15) is 42.6 Å². The van der Waals surface area contributed by atoms with Crippen LogP contribution < -0.4 is 16.0 Å². The summed E-state index contributed by atoms with van der Waals surface area (Å²) in [4.78, 5) is 36.4. The van der Waals surface area contributed by atoms with E-state index in [4.69, 9.17) is 0 Å². The van der Waals surface area contributed by atoms with Crippen molar-refractivity contribution in [2.45, 2.75) is 45.7 Å². The monoisotopic (exact) mass is 331 g/mol. The van der Waals surface area contributed by atoms with E-state index < -0.39 is 6.04 Å². The van der Waals surface area contributed by atoms with Crippen LogP contribution in [-0.4, -0.2) is 36.3 Å². The van der Waals surface area contributed by atoms with Gasteiger partial charge >= 0.3 is 0 Å². The van der Waals surface area contributed by atoms with Gasteiger partial charge in [0.05, 0.1) is 6.54 Å². The van der Waals surface area contributed by atoms with Crippen molar-refractivity contribution in [3.05, 3.63) is 35.4 Å². The van der Waals surface area contributed by atoms with E-state index in [1.54, 1.807) is 12.1 Å². The molecule has 2 rings (SSSR count). The molecule has 1 fully saturated rings. The van der Waals surface area contributed by atoms with Gasteiger partial charge in [-0.3, -0.25) is 14.4 Å². The SMILES string of the molecule is Cc1ccccc1C(=O)N[C@H](C(=O)NCC(=O)NC1CC1)C(C)C. The number of carbonyl (C=O) groups excluding carboxylic acids is 3. The molecule has 3 amide bonds. The summed E-state index contributed by atoms with van der Waals surface area (Å²) in [6.45, 7) is 5.49. The van der Waals surface area contributed by atoms with Gasteiger partial charge in [-0.15, -0.1) is 0 Å². The van der Waals surface area contributed by atoms with E-state index in [1.807, 2.05) is 32.9 Å². The van der Waals surface area contributed by atoms with Crippen molar-refractivity contribution in [3.63, 3.8) is 0 Å². The van der Waals surface area contributed by atoms with Crippen molar-refractivity contribution in [2.75, 3.05) is 6.54 Å². The van der Waals surface area contributed by atoms with E-state index >= 15 is 0 Å². The number of aryl methyl sites for hydroxylation is 1. The topological polar surface area (TPSA) is 87.3 Å². The van der Waals surface area contributed by atoms with Crippen LogP contribution in [0.25, 0.3) is 0 Å². The highest BCUT2D eigenvalue weighted by Gasteiger charge is 2.27. The molecule has 0 aliphatic heterocycles. The van der Waals surface area contributed by atoms with Crippen LogP contribution in [0.4, 0.5) is 0 Å². The van der Waals surface area contributed by atoms with E-state index in [2.05, 4.69) is 16.0 Å². The first kappa shape index (κ1) is 18.0. The van der Waals surface area contributed by atoms with Crippen molar-refractivity contribution in [2.24, 2.45) is 5.92 Å². The van der Waals surface area contributed by atoms with E-state index in [9.17, 15) is 14.4 Å². The van der Waals surface area contributed by atoms with Gasteiger partial charge in [-0.2, -0.15) is 0 Å². The second-order valence-electron chi connectivity index (χ2n) is 6.57. The summed E-state index contributed by atoms with van der Waals surface area (Å²) >= 11 is 0. The van der Waals surface area contributed by atoms with Gasteiger partial charge in [0.1, 0.15) is 6.04 Å². The molecule has 130 valence electrons. The smallest absolute Gasteiger partial charge is 0.252 e. The molecule has 0 unspecified atom stereocenters. The zero-order valence-corrected chi connectivity index (χ0v) is 14.4. The molecular weight excluding hydrogens is 306 g/mol. The Morgan fingerprint density at radius 1 is 1.17 bits per heavy atom. The van der Waals surface area contributed by atoms with Crippen molar-refractivity contribution in [1.82, 2.24) is 16.0 Å². The number of carbonyl (C=O) groups is 3. The standard InChI is InChI=1S/C18H25N3O3/c1-11(2)16(18(24)19-10-15(22)20-13-8-9-13)21-17(23)14-7-5-4-6-12(14)3/h4-7,11,13,16H,8-10H2,1-3H3,(H,19,24)(H,20,22)(H,21,23)/t16-/m0/s1. The minimum atomic E-state index is -0.689. The minimum absolute atomic E-state index is 0.0706. The lowest BCUT2D eigenvalue weighted by Crippen LogP contribution is -2.51. The summed E-state index contributed by atoms with van der Waals surface area (Å²) < 4.78 is 0. The molecule has 0 saturated heterocycles. The fourth-order valence-corrected chi connectivity index (χ4v) is 2.37. The van der Waals surface area contributed by atoms with Crippen LogP contribution in [-0.2, 0) is 9.59 Å². The molecular formula is C18H25N3O3. The molecule has 1 aromatic carbocycles. The third kappa shape index (κ3) is 5.08. The molecule has 6 heteroatoms. The normalized spacial score (nSPS) is 14.8. The first-order valence-electron chi connectivity index (χ1n) is 8.32. The number of nitrogens with one attached hydrogen (secondary N) is 3. The lowest BCUT2D eigenvalue weighted by atomic mass is 10.0. The average molecular weight is 331 g/mol. The van der Waals surface area contributed by atoms with E-state index in [0.29, 0.717) is 5.56 Å². The number of rotatable bonds is 7. The van der Waals surface area contributed by atoms with Gasteiger partial charge in [-0.25, -0.2) is 0 Å². The van der Waals surface area contributed by atoms with Crippen molar-refractivity contribution < 1.29 is 14.4 Å². The lowest BCUT2D eigenvalue weighted by Gasteiger charge is -2.22. The quantitative estimate of drug-likeness (QED) is 0.700.